The fourth-order valence-electron chi connectivity index (χ4n) is 1.47. The Labute approximate surface area is 110 Å². The van der Waals surface area contributed by atoms with Crippen LogP contribution in [0.3, 0.4) is 0 Å². The van der Waals surface area contributed by atoms with E-state index in [0.717, 1.165) is 5.69 Å². The molecule has 1 aromatic carbocycles. The van der Waals surface area contributed by atoms with Crippen molar-refractivity contribution < 1.29 is 4.74 Å². The Morgan fingerprint density at radius 3 is 2.83 bits per heavy atom. The Morgan fingerprint density at radius 1 is 1.33 bits per heavy atom. The van der Waals surface area contributed by atoms with Crippen molar-refractivity contribution in [3.63, 3.8) is 0 Å². The second-order valence-corrected chi connectivity index (χ2v) is 4.08. The minimum atomic E-state index is 0.236. The third-order valence-corrected chi connectivity index (χ3v) is 2.55. The summed E-state index contributed by atoms with van der Waals surface area (Å²) in [5.74, 6) is 7.02. The molecular weight excluding hydrogens is 252 g/mol. The molecular formula is C12H13ClN4O. The van der Waals surface area contributed by atoms with Crippen molar-refractivity contribution in [2.24, 2.45) is 5.84 Å². The number of hydrogen-bond donors (Lipinski definition) is 2. The number of aromatic nitrogens is 2. The normalized spacial score (nSPS) is 10.2. The largest absolute Gasteiger partial charge is 0.484 e. The first-order valence-corrected chi connectivity index (χ1v) is 5.75. The lowest BCUT2D eigenvalue weighted by Crippen LogP contribution is -2.12. The second-order valence-electron chi connectivity index (χ2n) is 3.67. The van der Waals surface area contributed by atoms with E-state index in [0.29, 0.717) is 22.4 Å². The van der Waals surface area contributed by atoms with Gasteiger partial charge in [0.05, 0.1) is 5.02 Å². The Hall–Kier alpha value is -1.85. The number of nitrogens with one attached hydrogen (secondary N) is 1. The fraction of sp³-hybridized carbons (Fsp3) is 0.167. The van der Waals surface area contributed by atoms with Gasteiger partial charge >= 0.3 is 0 Å². The molecule has 3 N–H and O–H groups in total. The van der Waals surface area contributed by atoms with E-state index in [4.69, 9.17) is 22.2 Å². The van der Waals surface area contributed by atoms with Crippen LogP contribution in [0, 0.1) is 6.92 Å². The standard InChI is InChI=1S/C12H13ClN4O/c1-8-6-11(17-14)16-12(15-8)7-18-10-5-3-2-4-9(10)13/h2-6H,7,14H2,1H3,(H,15,16,17). The van der Waals surface area contributed by atoms with E-state index in [-0.39, 0.29) is 6.61 Å². The van der Waals surface area contributed by atoms with Crippen molar-refractivity contribution in [3.8, 4) is 5.75 Å². The lowest BCUT2D eigenvalue weighted by Gasteiger charge is -2.08. The van der Waals surface area contributed by atoms with Crippen molar-refractivity contribution in [3.05, 3.63) is 46.9 Å². The van der Waals surface area contributed by atoms with Gasteiger partial charge < -0.3 is 10.2 Å². The highest BCUT2D eigenvalue weighted by Crippen LogP contribution is 2.23. The number of aryl methyl sites for hydroxylation is 1. The molecule has 1 aromatic heterocycles. The molecule has 2 rings (SSSR count). The maximum atomic E-state index is 5.98. The van der Waals surface area contributed by atoms with Gasteiger partial charge in [-0.15, -0.1) is 0 Å². The van der Waals surface area contributed by atoms with Gasteiger partial charge in [-0.3, -0.25) is 0 Å². The number of halogens is 1. The molecule has 0 aliphatic heterocycles. The molecule has 2 aromatic rings. The third-order valence-electron chi connectivity index (χ3n) is 2.24. The summed E-state index contributed by atoms with van der Waals surface area (Å²) >= 11 is 5.98. The van der Waals surface area contributed by atoms with Gasteiger partial charge in [0.1, 0.15) is 18.2 Å². The SMILES string of the molecule is Cc1cc(NN)nc(COc2ccccc2Cl)n1. The molecule has 0 saturated carbocycles. The maximum absolute atomic E-state index is 5.98. The molecule has 0 bridgehead atoms. The molecule has 0 atom stereocenters. The van der Waals surface area contributed by atoms with E-state index >= 15 is 0 Å². The first kappa shape index (κ1) is 12.6. The van der Waals surface area contributed by atoms with Gasteiger partial charge in [0, 0.05) is 11.8 Å². The Morgan fingerprint density at radius 2 is 2.11 bits per heavy atom. The number of para-hydroxylation sites is 1. The van der Waals surface area contributed by atoms with Gasteiger partial charge in [-0.1, -0.05) is 23.7 Å². The maximum Gasteiger partial charge on any atom is 0.168 e. The molecule has 0 fully saturated rings. The zero-order chi connectivity index (χ0) is 13.0. The second kappa shape index (κ2) is 5.66. The highest BCUT2D eigenvalue weighted by molar-refractivity contribution is 6.32. The molecule has 0 amide bonds. The van der Waals surface area contributed by atoms with Crippen LogP contribution in [-0.4, -0.2) is 9.97 Å². The van der Waals surface area contributed by atoms with E-state index in [2.05, 4.69) is 15.4 Å². The summed E-state index contributed by atoms with van der Waals surface area (Å²) in [7, 11) is 0. The lowest BCUT2D eigenvalue weighted by atomic mass is 10.3. The number of benzene rings is 1. The summed E-state index contributed by atoms with van der Waals surface area (Å²) in [6.45, 7) is 2.10. The summed E-state index contributed by atoms with van der Waals surface area (Å²) < 4.78 is 5.55. The molecule has 1 heterocycles. The number of ether oxygens (including phenoxy) is 1. The van der Waals surface area contributed by atoms with Gasteiger partial charge in [0.2, 0.25) is 0 Å². The minimum absolute atomic E-state index is 0.236. The molecule has 0 saturated heterocycles. The zero-order valence-electron chi connectivity index (χ0n) is 9.85. The van der Waals surface area contributed by atoms with Crippen molar-refractivity contribution in [2.75, 3.05) is 5.43 Å². The minimum Gasteiger partial charge on any atom is -0.484 e. The highest BCUT2D eigenvalue weighted by atomic mass is 35.5. The van der Waals surface area contributed by atoms with Crippen LogP contribution < -0.4 is 16.0 Å². The monoisotopic (exact) mass is 264 g/mol. The average molecular weight is 265 g/mol. The topological polar surface area (TPSA) is 73.1 Å². The number of anilines is 1. The molecule has 0 aliphatic rings. The van der Waals surface area contributed by atoms with E-state index in [1.165, 1.54) is 0 Å². The number of hydrazine groups is 1. The number of nitrogen functional groups attached to an aromatic ring is 1. The Kier molecular flexibility index (Phi) is 3.96. The smallest absolute Gasteiger partial charge is 0.168 e. The van der Waals surface area contributed by atoms with Crippen LogP contribution in [-0.2, 0) is 6.61 Å². The quantitative estimate of drug-likeness (QED) is 0.655. The summed E-state index contributed by atoms with van der Waals surface area (Å²) in [5.41, 5.74) is 3.30. The van der Waals surface area contributed by atoms with Crippen LogP contribution in [0.25, 0.3) is 0 Å². The molecule has 94 valence electrons. The van der Waals surface area contributed by atoms with Gasteiger partial charge in [0.25, 0.3) is 0 Å². The van der Waals surface area contributed by atoms with Crippen LogP contribution in [0.4, 0.5) is 5.82 Å². The molecule has 6 heteroatoms. The zero-order valence-corrected chi connectivity index (χ0v) is 10.6. The van der Waals surface area contributed by atoms with E-state index < -0.39 is 0 Å². The van der Waals surface area contributed by atoms with Crippen LogP contribution in [0.2, 0.25) is 5.02 Å². The molecule has 0 aliphatic carbocycles. The van der Waals surface area contributed by atoms with Crippen LogP contribution in [0.5, 0.6) is 5.75 Å². The van der Waals surface area contributed by atoms with E-state index in [9.17, 15) is 0 Å². The average Bonchev–Trinajstić information content (AvgIpc) is 2.37. The Bertz CT molecular complexity index is 547. The summed E-state index contributed by atoms with van der Waals surface area (Å²) in [4.78, 5) is 8.43. The van der Waals surface area contributed by atoms with Crippen LogP contribution in [0.15, 0.2) is 30.3 Å². The number of nitrogens with zero attached hydrogens (tertiary/aromatic N) is 2. The number of nitrogens with two attached hydrogens (primary N) is 1. The molecule has 0 spiro atoms. The number of rotatable bonds is 4. The lowest BCUT2D eigenvalue weighted by molar-refractivity contribution is 0.296. The van der Waals surface area contributed by atoms with Crippen molar-refractivity contribution in [1.82, 2.24) is 9.97 Å². The first-order valence-electron chi connectivity index (χ1n) is 5.37. The third kappa shape index (κ3) is 3.09. The van der Waals surface area contributed by atoms with Gasteiger partial charge in [-0.05, 0) is 19.1 Å². The fourth-order valence-corrected chi connectivity index (χ4v) is 1.66. The van der Waals surface area contributed by atoms with Gasteiger partial charge in [-0.2, -0.15) is 0 Å². The molecule has 0 radical (unpaired) electrons. The predicted molar refractivity (Wildman–Crippen MR) is 70.4 cm³/mol. The number of hydrogen-bond acceptors (Lipinski definition) is 5. The highest BCUT2D eigenvalue weighted by Gasteiger charge is 2.04. The van der Waals surface area contributed by atoms with Crippen LogP contribution >= 0.6 is 11.6 Å². The molecule has 5 nitrogen and oxygen atoms in total. The Balaban J connectivity index is 2.11. The summed E-state index contributed by atoms with van der Waals surface area (Å²) in [6.07, 6.45) is 0. The predicted octanol–water partition coefficient (Wildman–Crippen LogP) is 2.30. The molecule has 0 unspecified atom stereocenters. The molecule has 18 heavy (non-hydrogen) atoms. The van der Waals surface area contributed by atoms with Crippen molar-refractivity contribution in [1.29, 1.82) is 0 Å². The van der Waals surface area contributed by atoms with Crippen molar-refractivity contribution >= 4 is 17.4 Å². The first-order chi connectivity index (χ1) is 8.69. The van der Waals surface area contributed by atoms with Gasteiger partial charge in [-0.25, -0.2) is 15.8 Å². The van der Waals surface area contributed by atoms with Crippen molar-refractivity contribution in [2.45, 2.75) is 13.5 Å². The van der Waals surface area contributed by atoms with E-state index in [1.807, 2.05) is 19.1 Å². The van der Waals surface area contributed by atoms with Crippen LogP contribution in [0.1, 0.15) is 11.5 Å². The van der Waals surface area contributed by atoms with Gasteiger partial charge in [0.15, 0.2) is 5.82 Å². The summed E-state index contributed by atoms with van der Waals surface area (Å²) in [6, 6.07) is 9.00. The summed E-state index contributed by atoms with van der Waals surface area (Å²) in [5, 5.41) is 0.558. The van der Waals surface area contributed by atoms with E-state index in [1.54, 1.807) is 18.2 Å².